The minimum Gasteiger partial charge on any atom is -0.339 e. The summed E-state index contributed by atoms with van der Waals surface area (Å²) in [4.78, 5) is 23.2. The SMILES string of the molecule is CC(=O)Nc1ccc(NC(=S)N[C@H](NC(=O)C(C)(C)C)C(Cl)(Cl)Cl)cc1. The van der Waals surface area contributed by atoms with Crippen molar-refractivity contribution in [3.05, 3.63) is 24.3 Å². The first-order valence-corrected chi connectivity index (χ1v) is 9.16. The topological polar surface area (TPSA) is 82.3 Å². The van der Waals surface area contributed by atoms with Gasteiger partial charge in [0, 0.05) is 23.7 Å². The Bertz CT molecular complexity index is 670. The molecule has 1 aromatic carbocycles. The summed E-state index contributed by atoms with van der Waals surface area (Å²) < 4.78 is -1.82. The van der Waals surface area contributed by atoms with Gasteiger partial charge in [0.1, 0.15) is 6.17 Å². The summed E-state index contributed by atoms with van der Waals surface area (Å²) >= 11 is 23.0. The van der Waals surface area contributed by atoms with Crippen LogP contribution in [0, 0.1) is 5.41 Å². The molecule has 0 unspecified atom stereocenters. The van der Waals surface area contributed by atoms with Crippen LogP contribution in [0.1, 0.15) is 27.7 Å². The number of nitrogens with one attached hydrogen (secondary N) is 4. The maximum absolute atomic E-state index is 12.2. The van der Waals surface area contributed by atoms with E-state index in [2.05, 4.69) is 21.3 Å². The predicted molar refractivity (Wildman–Crippen MR) is 112 cm³/mol. The molecule has 4 N–H and O–H groups in total. The number of amides is 2. The summed E-state index contributed by atoms with van der Waals surface area (Å²) in [5.41, 5.74) is 0.644. The molecule has 0 aliphatic heterocycles. The summed E-state index contributed by atoms with van der Waals surface area (Å²) in [5, 5.41) is 11.1. The molecular weight excluding hydrogens is 419 g/mol. The Balaban J connectivity index is 2.75. The molecule has 0 saturated carbocycles. The van der Waals surface area contributed by atoms with Gasteiger partial charge >= 0.3 is 0 Å². The number of thiocarbonyl (C=S) groups is 1. The van der Waals surface area contributed by atoms with Gasteiger partial charge in [0.25, 0.3) is 0 Å². The Morgan fingerprint density at radius 3 is 1.81 bits per heavy atom. The molecule has 10 heteroatoms. The van der Waals surface area contributed by atoms with Crippen LogP contribution >= 0.6 is 47.0 Å². The van der Waals surface area contributed by atoms with Crippen molar-refractivity contribution in [1.82, 2.24) is 10.6 Å². The molecular formula is C16H21Cl3N4O2S. The largest absolute Gasteiger partial charge is 0.339 e. The summed E-state index contributed by atoms with van der Waals surface area (Å²) in [6.45, 7) is 6.65. The average molecular weight is 440 g/mol. The Morgan fingerprint density at radius 1 is 0.962 bits per heavy atom. The Kier molecular flexibility index (Phi) is 7.95. The fraction of sp³-hybridized carbons (Fsp3) is 0.438. The maximum Gasteiger partial charge on any atom is 0.228 e. The Hall–Kier alpha value is -1.28. The molecule has 0 radical (unpaired) electrons. The van der Waals surface area contributed by atoms with E-state index < -0.39 is 15.4 Å². The van der Waals surface area contributed by atoms with Crippen LogP contribution < -0.4 is 21.3 Å². The van der Waals surface area contributed by atoms with E-state index in [4.69, 9.17) is 47.0 Å². The number of anilines is 2. The molecule has 26 heavy (non-hydrogen) atoms. The lowest BCUT2D eigenvalue weighted by Crippen LogP contribution is -2.58. The van der Waals surface area contributed by atoms with E-state index in [0.717, 1.165) is 0 Å². The summed E-state index contributed by atoms with van der Waals surface area (Å²) in [7, 11) is 0. The third-order valence-electron chi connectivity index (χ3n) is 3.02. The lowest BCUT2D eigenvalue weighted by atomic mass is 9.95. The lowest BCUT2D eigenvalue weighted by Gasteiger charge is -2.30. The highest BCUT2D eigenvalue weighted by atomic mass is 35.6. The van der Waals surface area contributed by atoms with Gasteiger partial charge in [0.2, 0.25) is 15.6 Å². The molecule has 6 nitrogen and oxygen atoms in total. The van der Waals surface area contributed by atoms with Gasteiger partial charge in [0.15, 0.2) is 5.11 Å². The summed E-state index contributed by atoms with van der Waals surface area (Å²) in [5.74, 6) is -0.466. The first-order chi connectivity index (χ1) is 11.8. The molecule has 0 aliphatic rings. The summed E-state index contributed by atoms with van der Waals surface area (Å²) in [6.07, 6.45) is -1.03. The van der Waals surface area contributed by atoms with Crippen molar-refractivity contribution < 1.29 is 9.59 Å². The zero-order valence-corrected chi connectivity index (χ0v) is 17.8. The smallest absolute Gasteiger partial charge is 0.228 e. The molecule has 1 aromatic rings. The molecule has 0 saturated heterocycles. The van der Waals surface area contributed by atoms with Crippen LogP contribution in [0.25, 0.3) is 0 Å². The van der Waals surface area contributed by atoms with Crippen molar-refractivity contribution >= 4 is 75.3 Å². The minimum absolute atomic E-state index is 0.155. The van der Waals surface area contributed by atoms with Crippen LogP contribution in [0.15, 0.2) is 24.3 Å². The van der Waals surface area contributed by atoms with Gasteiger partial charge in [-0.25, -0.2) is 0 Å². The minimum atomic E-state index is -1.82. The fourth-order valence-corrected chi connectivity index (χ4v) is 2.25. The second-order valence-electron chi connectivity index (χ2n) is 6.56. The number of hydrogen-bond acceptors (Lipinski definition) is 3. The third kappa shape index (κ3) is 7.95. The van der Waals surface area contributed by atoms with Crippen molar-refractivity contribution in [2.24, 2.45) is 5.41 Å². The molecule has 0 bridgehead atoms. The molecule has 0 aliphatic carbocycles. The number of rotatable bonds is 4. The van der Waals surface area contributed by atoms with E-state index in [0.29, 0.717) is 11.4 Å². The number of alkyl halides is 3. The molecule has 144 valence electrons. The van der Waals surface area contributed by atoms with Gasteiger partial charge in [0.05, 0.1) is 0 Å². The monoisotopic (exact) mass is 438 g/mol. The van der Waals surface area contributed by atoms with Crippen LogP contribution in [0.2, 0.25) is 0 Å². The van der Waals surface area contributed by atoms with E-state index in [-0.39, 0.29) is 16.9 Å². The number of halogens is 3. The summed E-state index contributed by atoms with van der Waals surface area (Å²) in [6, 6.07) is 6.86. The van der Waals surface area contributed by atoms with Crippen LogP contribution in [0.4, 0.5) is 11.4 Å². The Morgan fingerprint density at radius 2 is 1.42 bits per heavy atom. The molecule has 1 atom stereocenters. The van der Waals surface area contributed by atoms with E-state index in [1.54, 1.807) is 45.0 Å². The van der Waals surface area contributed by atoms with E-state index in [1.807, 2.05) is 0 Å². The van der Waals surface area contributed by atoms with Gasteiger partial charge in [-0.1, -0.05) is 55.6 Å². The van der Waals surface area contributed by atoms with E-state index in [1.165, 1.54) is 6.92 Å². The molecule has 0 fully saturated rings. The van der Waals surface area contributed by atoms with Gasteiger partial charge in [-0.2, -0.15) is 0 Å². The van der Waals surface area contributed by atoms with Crippen molar-refractivity contribution in [3.8, 4) is 0 Å². The third-order valence-corrected chi connectivity index (χ3v) is 3.90. The fourth-order valence-electron chi connectivity index (χ4n) is 1.69. The van der Waals surface area contributed by atoms with Crippen molar-refractivity contribution in [2.75, 3.05) is 10.6 Å². The average Bonchev–Trinajstić information content (AvgIpc) is 2.46. The number of benzene rings is 1. The number of hydrogen-bond donors (Lipinski definition) is 4. The van der Waals surface area contributed by atoms with Crippen molar-refractivity contribution in [1.29, 1.82) is 0 Å². The Labute approximate surface area is 173 Å². The maximum atomic E-state index is 12.2. The van der Waals surface area contributed by atoms with E-state index >= 15 is 0 Å². The normalized spacial score (nSPS) is 12.7. The van der Waals surface area contributed by atoms with Crippen molar-refractivity contribution in [3.63, 3.8) is 0 Å². The van der Waals surface area contributed by atoms with Crippen LogP contribution in [-0.2, 0) is 9.59 Å². The standard InChI is InChI=1S/C16H21Cl3N4O2S/c1-9(24)20-10-5-7-11(8-6-10)21-14(26)23-12(16(17,18)19)22-13(25)15(2,3)4/h5-8,12H,1-4H3,(H,20,24)(H,22,25)(H2,21,23,26)/t12-/m0/s1. The first kappa shape index (κ1) is 22.8. The molecule has 0 heterocycles. The predicted octanol–water partition coefficient (Wildman–Crippen LogP) is 3.79. The zero-order valence-electron chi connectivity index (χ0n) is 14.7. The number of carbonyl (C=O) groups excluding carboxylic acids is 2. The van der Waals surface area contributed by atoms with Gasteiger partial charge in [-0.05, 0) is 36.5 Å². The zero-order chi connectivity index (χ0) is 20.1. The number of carbonyl (C=O) groups is 2. The highest BCUT2D eigenvalue weighted by Crippen LogP contribution is 2.30. The van der Waals surface area contributed by atoms with Crippen LogP contribution in [0.3, 0.4) is 0 Å². The molecule has 2 amide bonds. The molecule has 0 aromatic heterocycles. The highest BCUT2D eigenvalue weighted by molar-refractivity contribution is 7.80. The van der Waals surface area contributed by atoms with Crippen molar-refractivity contribution in [2.45, 2.75) is 37.7 Å². The highest BCUT2D eigenvalue weighted by Gasteiger charge is 2.36. The van der Waals surface area contributed by atoms with E-state index in [9.17, 15) is 9.59 Å². The first-order valence-electron chi connectivity index (χ1n) is 7.62. The van der Waals surface area contributed by atoms with Gasteiger partial charge < -0.3 is 21.3 Å². The molecule has 0 spiro atoms. The van der Waals surface area contributed by atoms with Gasteiger partial charge in [-0.15, -0.1) is 0 Å². The second-order valence-corrected chi connectivity index (χ2v) is 9.33. The lowest BCUT2D eigenvalue weighted by molar-refractivity contribution is -0.129. The van der Waals surface area contributed by atoms with Gasteiger partial charge in [-0.3, -0.25) is 9.59 Å². The van der Waals surface area contributed by atoms with Crippen LogP contribution in [-0.4, -0.2) is 26.9 Å². The quantitative estimate of drug-likeness (QED) is 0.326. The second kappa shape index (κ2) is 9.08. The molecule has 1 rings (SSSR count). The van der Waals surface area contributed by atoms with Crippen LogP contribution in [0.5, 0.6) is 0 Å².